The van der Waals surface area contributed by atoms with Crippen molar-refractivity contribution in [3.05, 3.63) is 53.7 Å². The van der Waals surface area contributed by atoms with Gasteiger partial charge in [-0.1, -0.05) is 29.8 Å². The lowest BCUT2D eigenvalue weighted by Crippen LogP contribution is -2.34. The van der Waals surface area contributed by atoms with Crippen LogP contribution in [-0.2, 0) is 4.79 Å². The first kappa shape index (κ1) is 16.3. The second-order valence-corrected chi connectivity index (χ2v) is 5.18. The van der Waals surface area contributed by atoms with Gasteiger partial charge in [0.25, 0.3) is 0 Å². The second-order valence-electron chi connectivity index (χ2n) is 4.74. The van der Waals surface area contributed by atoms with Gasteiger partial charge in [0.05, 0.1) is 11.6 Å². The van der Waals surface area contributed by atoms with Gasteiger partial charge in [0.15, 0.2) is 0 Å². The fourth-order valence-corrected chi connectivity index (χ4v) is 2.12. The van der Waals surface area contributed by atoms with Crippen LogP contribution in [0.3, 0.4) is 0 Å². The number of aliphatic hydroxyl groups is 1. The Labute approximate surface area is 134 Å². The van der Waals surface area contributed by atoms with Crippen molar-refractivity contribution in [3.8, 4) is 0 Å². The number of benzene rings is 1. The third kappa shape index (κ3) is 5.02. The minimum atomic E-state index is -0.170. The van der Waals surface area contributed by atoms with Crippen LogP contribution in [0.25, 0.3) is 0 Å². The summed E-state index contributed by atoms with van der Waals surface area (Å²) in [4.78, 5) is 18.1. The van der Waals surface area contributed by atoms with Crippen LogP contribution < -0.4 is 10.2 Å². The molecule has 0 saturated carbocycles. The highest BCUT2D eigenvalue weighted by Gasteiger charge is 2.11. The van der Waals surface area contributed by atoms with E-state index in [-0.39, 0.29) is 19.1 Å². The predicted octanol–water partition coefficient (Wildman–Crippen LogP) is 2.56. The molecule has 1 aromatic carbocycles. The van der Waals surface area contributed by atoms with Gasteiger partial charge in [-0.3, -0.25) is 4.79 Å². The van der Waals surface area contributed by atoms with E-state index in [2.05, 4.69) is 10.3 Å². The van der Waals surface area contributed by atoms with E-state index in [1.54, 1.807) is 12.1 Å². The number of para-hydroxylation sites is 1. The fraction of sp³-hybridized carbons (Fsp3) is 0.250. The standard InChI is InChI=1S/C16H18ClN3O2/c17-13-7-8-15(18-11-13)19-16(22)12-20(9-4-10-21)14-5-2-1-3-6-14/h1-3,5-8,11,21H,4,9-10,12H2,(H,18,19,22). The van der Waals surface area contributed by atoms with E-state index < -0.39 is 0 Å². The van der Waals surface area contributed by atoms with Gasteiger partial charge in [-0.25, -0.2) is 4.98 Å². The van der Waals surface area contributed by atoms with E-state index >= 15 is 0 Å². The predicted molar refractivity (Wildman–Crippen MR) is 88.2 cm³/mol. The van der Waals surface area contributed by atoms with E-state index in [4.69, 9.17) is 16.7 Å². The van der Waals surface area contributed by atoms with Crippen molar-refractivity contribution in [2.45, 2.75) is 6.42 Å². The van der Waals surface area contributed by atoms with Crippen molar-refractivity contribution in [1.82, 2.24) is 4.98 Å². The molecule has 0 bridgehead atoms. The van der Waals surface area contributed by atoms with Crippen LogP contribution in [0, 0.1) is 0 Å². The SMILES string of the molecule is O=C(CN(CCCO)c1ccccc1)Nc1ccc(Cl)cn1. The number of aliphatic hydroxyl groups excluding tert-OH is 1. The van der Waals surface area contributed by atoms with Gasteiger partial charge >= 0.3 is 0 Å². The number of halogens is 1. The lowest BCUT2D eigenvalue weighted by molar-refractivity contribution is -0.115. The van der Waals surface area contributed by atoms with E-state index in [0.717, 1.165) is 5.69 Å². The first-order valence-corrected chi connectivity index (χ1v) is 7.39. The van der Waals surface area contributed by atoms with Gasteiger partial charge in [0.2, 0.25) is 5.91 Å². The molecule has 1 amide bonds. The summed E-state index contributed by atoms with van der Waals surface area (Å²) in [6, 6.07) is 13.0. The number of carbonyl (C=O) groups excluding carboxylic acids is 1. The minimum absolute atomic E-state index is 0.0870. The number of hydrogen-bond acceptors (Lipinski definition) is 4. The van der Waals surface area contributed by atoms with Gasteiger partial charge < -0.3 is 15.3 Å². The van der Waals surface area contributed by atoms with Crippen molar-refractivity contribution >= 4 is 29.0 Å². The summed E-state index contributed by atoms with van der Waals surface area (Å²) in [6.07, 6.45) is 2.08. The number of rotatable bonds is 7. The monoisotopic (exact) mass is 319 g/mol. The number of anilines is 2. The Morgan fingerprint density at radius 2 is 2.00 bits per heavy atom. The number of amides is 1. The molecule has 0 spiro atoms. The Bertz CT molecular complexity index is 590. The zero-order chi connectivity index (χ0) is 15.8. The molecule has 0 aliphatic heterocycles. The Kier molecular flexibility index (Phi) is 6.18. The van der Waals surface area contributed by atoms with E-state index in [1.807, 2.05) is 35.2 Å². The van der Waals surface area contributed by atoms with Crippen LogP contribution in [0.15, 0.2) is 48.7 Å². The molecule has 1 heterocycles. The highest BCUT2D eigenvalue weighted by atomic mass is 35.5. The molecule has 2 N–H and O–H groups in total. The van der Waals surface area contributed by atoms with Gasteiger partial charge in [-0.2, -0.15) is 0 Å². The summed E-state index contributed by atoms with van der Waals surface area (Å²) in [7, 11) is 0. The van der Waals surface area contributed by atoms with Crippen LogP contribution in [0.2, 0.25) is 5.02 Å². The van der Waals surface area contributed by atoms with Crippen LogP contribution in [0.1, 0.15) is 6.42 Å². The highest BCUT2D eigenvalue weighted by molar-refractivity contribution is 6.30. The lowest BCUT2D eigenvalue weighted by Gasteiger charge is -2.23. The van der Waals surface area contributed by atoms with Crippen molar-refractivity contribution in [3.63, 3.8) is 0 Å². The van der Waals surface area contributed by atoms with Crippen LogP contribution in [0.5, 0.6) is 0 Å². The maximum Gasteiger partial charge on any atom is 0.245 e. The third-order valence-corrected chi connectivity index (χ3v) is 3.26. The van der Waals surface area contributed by atoms with Gasteiger partial charge in [-0.15, -0.1) is 0 Å². The zero-order valence-electron chi connectivity index (χ0n) is 12.1. The molecular weight excluding hydrogens is 302 g/mol. The summed E-state index contributed by atoms with van der Waals surface area (Å²) in [5, 5.41) is 12.3. The number of aromatic nitrogens is 1. The number of pyridine rings is 1. The number of nitrogens with zero attached hydrogens (tertiary/aromatic N) is 2. The Hall–Kier alpha value is -2.11. The molecular formula is C16H18ClN3O2. The highest BCUT2D eigenvalue weighted by Crippen LogP contribution is 2.14. The first-order valence-electron chi connectivity index (χ1n) is 7.01. The molecule has 22 heavy (non-hydrogen) atoms. The van der Waals surface area contributed by atoms with Crippen LogP contribution in [0.4, 0.5) is 11.5 Å². The average molecular weight is 320 g/mol. The van der Waals surface area contributed by atoms with Crippen molar-refractivity contribution in [1.29, 1.82) is 0 Å². The molecule has 0 aliphatic rings. The Morgan fingerprint density at radius 3 is 2.64 bits per heavy atom. The molecule has 0 unspecified atom stereocenters. The largest absolute Gasteiger partial charge is 0.396 e. The number of hydrogen-bond donors (Lipinski definition) is 2. The quantitative estimate of drug-likeness (QED) is 0.823. The Balaban J connectivity index is 2.00. The molecule has 0 aliphatic carbocycles. The van der Waals surface area contributed by atoms with Crippen LogP contribution in [-0.4, -0.2) is 35.7 Å². The van der Waals surface area contributed by atoms with E-state index in [9.17, 15) is 4.79 Å². The molecule has 0 fully saturated rings. The number of nitrogens with one attached hydrogen (secondary N) is 1. The second kappa shape index (κ2) is 8.36. The summed E-state index contributed by atoms with van der Waals surface area (Å²) < 4.78 is 0. The van der Waals surface area contributed by atoms with Crippen molar-refractivity contribution < 1.29 is 9.90 Å². The molecule has 116 valence electrons. The molecule has 0 radical (unpaired) electrons. The molecule has 2 aromatic rings. The Morgan fingerprint density at radius 1 is 1.23 bits per heavy atom. The smallest absolute Gasteiger partial charge is 0.245 e. The van der Waals surface area contributed by atoms with Crippen molar-refractivity contribution in [2.75, 3.05) is 29.9 Å². The topological polar surface area (TPSA) is 65.5 Å². The average Bonchev–Trinajstić information content (AvgIpc) is 2.54. The summed E-state index contributed by atoms with van der Waals surface area (Å²) in [6.45, 7) is 0.875. The maximum atomic E-state index is 12.2. The molecule has 2 rings (SSSR count). The minimum Gasteiger partial charge on any atom is -0.396 e. The van der Waals surface area contributed by atoms with Crippen LogP contribution >= 0.6 is 11.6 Å². The van der Waals surface area contributed by atoms with Gasteiger partial charge in [-0.05, 0) is 30.7 Å². The zero-order valence-corrected chi connectivity index (χ0v) is 12.8. The first-order chi connectivity index (χ1) is 10.7. The summed E-state index contributed by atoms with van der Waals surface area (Å²) in [5.41, 5.74) is 0.940. The van der Waals surface area contributed by atoms with E-state index in [0.29, 0.717) is 23.8 Å². The summed E-state index contributed by atoms with van der Waals surface area (Å²) in [5.74, 6) is 0.293. The third-order valence-electron chi connectivity index (χ3n) is 3.04. The normalized spacial score (nSPS) is 10.3. The van der Waals surface area contributed by atoms with Gasteiger partial charge in [0.1, 0.15) is 5.82 Å². The van der Waals surface area contributed by atoms with Crippen molar-refractivity contribution in [2.24, 2.45) is 0 Å². The maximum absolute atomic E-state index is 12.2. The molecule has 6 heteroatoms. The fourth-order valence-electron chi connectivity index (χ4n) is 2.01. The molecule has 5 nitrogen and oxygen atoms in total. The number of carbonyl (C=O) groups is 1. The molecule has 1 aromatic heterocycles. The van der Waals surface area contributed by atoms with Gasteiger partial charge in [0, 0.05) is 25.0 Å². The molecule has 0 saturated heterocycles. The molecule has 0 atom stereocenters. The summed E-state index contributed by atoms with van der Waals surface area (Å²) >= 11 is 5.76. The lowest BCUT2D eigenvalue weighted by atomic mass is 10.2. The van der Waals surface area contributed by atoms with E-state index in [1.165, 1.54) is 6.20 Å².